The number of aliphatic hydroxyl groups is 1. The molecule has 6 heteroatoms. The third-order valence-electron chi connectivity index (χ3n) is 3.35. The van der Waals surface area contributed by atoms with Gasteiger partial charge >= 0.3 is 6.18 Å². The number of likely N-dealkylation sites (N-methyl/N-ethyl adjacent to an activating group) is 1. The van der Waals surface area contributed by atoms with Gasteiger partial charge in [-0.2, -0.15) is 13.2 Å². The van der Waals surface area contributed by atoms with Gasteiger partial charge in [-0.05, 0) is 25.7 Å². The number of carbonyl (C=O) groups excluding carboxylic acids is 1. The molecule has 0 unspecified atom stereocenters. The molecule has 0 bridgehead atoms. The fraction of sp³-hybridized carbons (Fsp3) is 0.909. The lowest BCUT2D eigenvalue weighted by Crippen LogP contribution is -2.38. The maximum Gasteiger partial charge on any atom is 0.391 e. The minimum atomic E-state index is -4.13. The van der Waals surface area contributed by atoms with Crippen LogP contribution in [-0.4, -0.2) is 42.3 Å². The Labute approximate surface area is 98.6 Å². The third-order valence-corrected chi connectivity index (χ3v) is 3.35. The van der Waals surface area contributed by atoms with Gasteiger partial charge in [-0.15, -0.1) is 0 Å². The van der Waals surface area contributed by atoms with Crippen molar-refractivity contribution in [3.8, 4) is 0 Å². The Balaban J connectivity index is 2.44. The molecule has 0 atom stereocenters. The molecule has 0 heterocycles. The van der Waals surface area contributed by atoms with Crippen LogP contribution in [0.3, 0.4) is 0 Å². The molecule has 1 fully saturated rings. The van der Waals surface area contributed by atoms with E-state index in [4.69, 9.17) is 5.11 Å². The van der Waals surface area contributed by atoms with Crippen molar-refractivity contribution in [3.63, 3.8) is 0 Å². The van der Waals surface area contributed by atoms with Crippen molar-refractivity contribution in [1.82, 2.24) is 4.90 Å². The van der Waals surface area contributed by atoms with E-state index in [-0.39, 0.29) is 37.8 Å². The van der Waals surface area contributed by atoms with Gasteiger partial charge in [-0.1, -0.05) is 0 Å². The van der Waals surface area contributed by atoms with Gasteiger partial charge in [0.1, 0.15) is 0 Å². The zero-order chi connectivity index (χ0) is 13.1. The molecule has 1 aliphatic carbocycles. The Bertz CT molecular complexity index is 260. The monoisotopic (exact) mass is 253 g/mol. The van der Waals surface area contributed by atoms with E-state index in [0.29, 0.717) is 12.8 Å². The lowest BCUT2D eigenvalue weighted by molar-refractivity contribution is -0.185. The van der Waals surface area contributed by atoms with Crippen molar-refractivity contribution in [3.05, 3.63) is 0 Å². The molecule has 1 saturated carbocycles. The summed E-state index contributed by atoms with van der Waals surface area (Å²) in [6.07, 6.45) is -3.48. The number of halogens is 3. The van der Waals surface area contributed by atoms with E-state index in [1.54, 1.807) is 7.05 Å². The van der Waals surface area contributed by atoms with Gasteiger partial charge in [0.15, 0.2) is 0 Å². The Morgan fingerprint density at radius 1 is 1.29 bits per heavy atom. The van der Waals surface area contributed by atoms with Gasteiger partial charge in [0.05, 0.1) is 12.5 Å². The van der Waals surface area contributed by atoms with Crippen molar-refractivity contribution in [1.29, 1.82) is 0 Å². The minimum absolute atomic E-state index is 0.0346. The summed E-state index contributed by atoms with van der Waals surface area (Å²) >= 11 is 0. The number of carbonyl (C=O) groups is 1. The van der Waals surface area contributed by atoms with Crippen LogP contribution in [0.1, 0.15) is 25.7 Å². The second kappa shape index (κ2) is 5.71. The summed E-state index contributed by atoms with van der Waals surface area (Å²) in [6, 6.07) is 0. The number of nitrogens with zero attached hydrogens (tertiary/aromatic N) is 1. The third kappa shape index (κ3) is 3.87. The zero-order valence-electron chi connectivity index (χ0n) is 9.83. The van der Waals surface area contributed by atoms with Crippen LogP contribution >= 0.6 is 0 Å². The zero-order valence-corrected chi connectivity index (χ0v) is 9.83. The maximum atomic E-state index is 12.4. The molecule has 0 aromatic heterocycles. The van der Waals surface area contributed by atoms with E-state index >= 15 is 0 Å². The number of aliphatic hydroxyl groups excluding tert-OH is 1. The number of alkyl halides is 3. The fourth-order valence-electron chi connectivity index (χ4n) is 2.24. The molecule has 1 N–H and O–H groups in total. The Hall–Kier alpha value is -0.780. The lowest BCUT2D eigenvalue weighted by atomic mass is 9.81. The lowest BCUT2D eigenvalue weighted by Gasteiger charge is -2.31. The van der Waals surface area contributed by atoms with Crippen LogP contribution in [0.4, 0.5) is 13.2 Å². The molecule has 3 nitrogen and oxygen atoms in total. The van der Waals surface area contributed by atoms with Crippen molar-refractivity contribution in [2.75, 3.05) is 20.2 Å². The minimum Gasteiger partial charge on any atom is -0.395 e. The SMILES string of the molecule is CN(CCO)C(=O)C1CCC(C(F)(F)F)CC1. The molecule has 0 aromatic carbocycles. The molecule has 0 aliphatic heterocycles. The molecular formula is C11H18F3NO2. The number of rotatable bonds is 3. The Kier molecular flexibility index (Phi) is 4.80. The fourth-order valence-corrected chi connectivity index (χ4v) is 2.24. The molecule has 1 amide bonds. The highest BCUT2D eigenvalue weighted by Gasteiger charge is 2.42. The highest BCUT2D eigenvalue weighted by Crippen LogP contribution is 2.39. The molecule has 0 radical (unpaired) electrons. The summed E-state index contributed by atoms with van der Waals surface area (Å²) in [5, 5.41) is 8.69. The smallest absolute Gasteiger partial charge is 0.391 e. The predicted molar refractivity (Wildman–Crippen MR) is 56.2 cm³/mol. The average molecular weight is 253 g/mol. The average Bonchev–Trinajstić information content (AvgIpc) is 2.27. The molecular weight excluding hydrogens is 235 g/mol. The van der Waals surface area contributed by atoms with Gasteiger partial charge in [-0.25, -0.2) is 0 Å². The first-order chi connectivity index (χ1) is 7.86. The van der Waals surface area contributed by atoms with E-state index in [2.05, 4.69) is 0 Å². The standard InChI is InChI=1S/C11H18F3NO2/c1-15(6-7-16)10(17)8-2-4-9(5-3-8)11(12,13)14/h8-9,16H,2-7H2,1H3. The quantitative estimate of drug-likeness (QED) is 0.833. The van der Waals surface area contributed by atoms with E-state index in [9.17, 15) is 18.0 Å². The maximum absolute atomic E-state index is 12.4. The van der Waals surface area contributed by atoms with E-state index in [1.165, 1.54) is 4.90 Å². The summed E-state index contributed by atoms with van der Waals surface area (Å²) in [4.78, 5) is 13.2. The first-order valence-electron chi connectivity index (χ1n) is 5.78. The summed E-state index contributed by atoms with van der Waals surface area (Å²) in [7, 11) is 1.56. The van der Waals surface area contributed by atoms with E-state index in [1.807, 2.05) is 0 Å². The van der Waals surface area contributed by atoms with Crippen molar-refractivity contribution in [2.24, 2.45) is 11.8 Å². The number of hydrogen-bond acceptors (Lipinski definition) is 2. The van der Waals surface area contributed by atoms with Crippen LogP contribution in [-0.2, 0) is 4.79 Å². The second-order valence-corrected chi connectivity index (χ2v) is 4.57. The first kappa shape index (κ1) is 14.3. The summed E-state index contributed by atoms with van der Waals surface area (Å²) < 4.78 is 37.3. The van der Waals surface area contributed by atoms with Crippen LogP contribution in [0, 0.1) is 11.8 Å². The normalized spacial score (nSPS) is 25.7. The van der Waals surface area contributed by atoms with E-state index in [0.717, 1.165) is 0 Å². The molecule has 0 saturated heterocycles. The first-order valence-corrected chi connectivity index (χ1v) is 5.78. The second-order valence-electron chi connectivity index (χ2n) is 4.57. The number of amides is 1. The van der Waals surface area contributed by atoms with Gasteiger partial charge in [0, 0.05) is 19.5 Å². The summed E-state index contributed by atoms with van der Waals surface area (Å²) in [5.74, 6) is -1.72. The van der Waals surface area contributed by atoms with Crippen LogP contribution < -0.4 is 0 Å². The predicted octanol–water partition coefficient (Wildman–Crippen LogP) is 1.81. The van der Waals surface area contributed by atoms with Gasteiger partial charge in [-0.3, -0.25) is 4.79 Å². The molecule has 17 heavy (non-hydrogen) atoms. The van der Waals surface area contributed by atoms with Crippen LogP contribution in [0.2, 0.25) is 0 Å². The van der Waals surface area contributed by atoms with Gasteiger partial charge in [0.2, 0.25) is 5.91 Å². The van der Waals surface area contributed by atoms with Crippen molar-refractivity contribution >= 4 is 5.91 Å². The molecule has 100 valence electrons. The van der Waals surface area contributed by atoms with Crippen molar-refractivity contribution in [2.45, 2.75) is 31.9 Å². The molecule has 0 aromatic rings. The number of hydrogen-bond donors (Lipinski definition) is 1. The largest absolute Gasteiger partial charge is 0.395 e. The van der Waals surface area contributed by atoms with Crippen molar-refractivity contribution < 1.29 is 23.1 Å². The topological polar surface area (TPSA) is 40.5 Å². The van der Waals surface area contributed by atoms with Gasteiger partial charge < -0.3 is 10.0 Å². The Morgan fingerprint density at radius 3 is 2.24 bits per heavy atom. The van der Waals surface area contributed by atoms with Crippen LogP contribution in [0.25, 0.3) is 0 Å². The van der Waals surface area contributed by atoms with Crippen LogP contribution in [0.15, 0.2) is 0 Å². The molecule has 1 rings (SSSR count). The van der Waals surface area contributed by atoms with Gasteiger partial charge in [0.25, 0.3) is 0 Å². The van der Waals surface area contributed by atoms with E-state index < -0.39 is 12.1 Å². The van der Waals surface area contributed by atoms with Crippen LogP contribution in [0.5, 0.6) is 0 Å². The Morgan fingerprint density at radius 2 is 1.82 bits per heavy atom. The summed E-state index contributed by atoms with van der Waals surface area (Å²) in [5.41, 5.74) is 0. The molecule has 0 spiro atoms. The highest BCUT2D eigenvalue weighted by molar-refractivity contribution is 5.78. The molecule has 1 aliphatic rings. The highest BCUT2D eigenvalue weighted by atomic mass is 19.4. The summed E-state index contributed by atoms with van der Waals surface area (Å²) in [6.45, 7) is 0.109.